The highest BCUT2D eigenvalue weighted by molar-refractivity contribution is 6.31. The van der Waals surface area contributed by atoms with Gasteiger partial charge < -0.3 is 15.2 Å². The highest BCUT2D eigenvalue weighted by Gasteiger charge is 2.30. The zero-order chi connectivity index (χ0) is 14.1. The first-order valence-electron chi connectivity index (χ1n) is 6.30. The lowest BCUT2D eigenvalue weighted by Gasteiger charge is -2.13. The van der Waals surface area contributed by atoms with Crippen molar-refractivity contribution in [2.24, 2.45) is 0 Å². The molecule has 1 saturated heterocycles. The van der Waals surface area contributed by atoms with Crippen molar-refractivity contribution >= 4 is 28.3 Å². The van der Waals surface area contributed by atoms with Crippen molar-refractivity contribution in [1.82, 2.24) is 10.3 Å². The molecule has 1 aliphatic rings. The van der Waals surface area contributed by atoms with E-state index < -0.39 is 12.0 Å². The number of ether oxygens (including phenoxy) is 1. The number of nitrogens with zero attached hydrogens (tertiary/aromatic N) is 1. The van der Waals surface area contributed by atoms with Crippen LogP contribution in [0.15, 0.2) is 30.5 Å². The predicted molar refractivity (Wildman–Crippen MR) is 75.2 cm³/mol. The number of carboxylic acids is 1. The average Bonchev–Trinajstić information content (AvgIpc) is 2.88. The van der Waals surface area contributed by atoms with E-state index in [1.54, 1.807) is 12.3 Å². The molecule has 0 aliphatic carbocycles. The Morgan fingerprint density at radius 1 is 1.45 bits per heavy atom. The Kier molecular flexibility index (Phi) is 3.46. The lowest BCUT2D eigenvalue weighted by Crippen LogP contribution is -2.30. The fourth-order valence-corrected chi connectivity index (χ4v) is 2.52. The molecule has 2 atom stereocenters. The van der Waals surface area contributed by atoms with Crippen LogP contribution in [0.4, 0.5) is 0 Å². The molecule has 0 bridgehead atoms. The van der Waals surface area contributed by atoms with E-state index in [0.717, 1.165) is 10.8 Å². The minimum absolute atomic E-state index is 0.201. The number of benzene rings is 1. The Morgan fingerprint density at radius 3 is 3.05 bits per heavy atom. The summed E-state index contributed by atoms with van der Waals surface area (Å²) in [5, 5.41) is 14.3. The van der Waals surface area contributed by atoms with Gasteiger partial charge in [0.15, 0.2) is 0 Å². The van der Waals surface area contributed by atoms with Gasteiger partial charge in [0.25, 0.3) is 0 Å². The summed E-state index contributed by atoms with van der Waals surface area (Å²) in [5.74, 6) is -0.368. The number of hydrogen-bond donors (Lipinski definition) is 2. The van der Waals surface area contributed by atoms with Gasteiger partial charge >= 0.3 is 5.97 Å². The van der Waals surface area contributed by atoms with E-state index in [9.17, 15) is 4.79 Å². The van der Waals surface area contributed by atoms with E-state index in [1.807, 2.05) is 18.2 Å². The van der Waals surface area contributed by atoms with Crippen LogP contribution >= 0.6 is 11.6 Å². The van der Waals surface area contributed by atoms with Crippen LogP contribution in [-0.4, -0.2) is 34.8 Å². The summed E-state index contributed by atoms with van der Waals surface area (Å²) >= 11 is 6.00. The van der Waals surface area contributed by atoms with Crippen molar-refractivity contribution in [2.75, 3.05) is 6.54 Å². The summed E-state index contributed by atoms with van der Waals surface area (Å²) in [7, 11) is 0. The van der Waals surface area contributed by atoms with E-state index in [1.165, 1.54) is 0 Å². The molecule has 20 heavy (non-hydrogen) atoms. The maximum Gasteiger partial charge on any atom is 0.320 e. The van der Waals surface area contributed by atoms with Gasteiger partial charge in [0.2, 0.25) is 5.88 Å². The van der Waals surface area contributed by atoms with Gasteiger partial charge in [-0.25, -0.2) is 4.98 Å². The summed E-state index contributed by atoms with van der Waals surface area (Å²) in [5.41, 5.74) is 0. The molecule has 1 aromatic carbocycles. The van der Waals surface area contributed by atoms with Crippen LogP contribution in [0.2, 0.25) is 5.02 Å². The largest absolute Gasteiger partial charge is 0.480 e. The van der Waals surface area contributed by atoms with Gasteiger partial charge in [-0.05, 0) is 23.6 Å². The van der Waals surface area contributed by atoms with E-state index in [2.05, 4.69) is 10.3 Å². The van der Waals surface area contributed by atoms with Crippen molar-refractivity contribution in [3.05, 3.63) is 35.5 Å². The Labute approximate surface area is 120 Å². The molecule has 2 aromatic rings. The minimum atomic E-state index is -0.856. The summed E-state index contributed by atoms with van der Waals surface area (Å²) in [6, 6.07) is 6.84. The second-order valence-corrected chi connectivity index (χ2v) is 5.19. The van der Waals surface area contributed by atoms with Gasteiger partial charge in [0.1, 0.15) is 12.1 Å². The molecule has 2 N–H and O–H groups in total. The zero-order valence-electron chi connectivity index (χ0n) is 10.5. The first-order chi connectivity index (χ1) is 9.63. The standard InChI is InChI=1S/C14H13ClN2O3/c15-9-2-1-8-3-4-16-13(11(8)5-9)20-10-6-12(14(18)19)17-7-10/h1-5,10,12,17H,6-7H2,(H,18,19)/t10?,12-/m0/s1. The fraction of sp³-hybridized carbons (Fsp3) is 0.286. The van der Waals surface area contributed by atoms with E-state index in [4.69, 9.17) is 21.4 Å². The van der Waals surface area contributed by atoms with Crippen molar-refractivity contribution in [2.45, 2.75) is 18.6 Å². The molecule has 1 aromatic heterocycles. The Bertz CT molecular complexity index is 662. The maximum atomic E-state index is 10.9. The Morgan fingerprint density at radius 2 is 2.30 bits per heavy atom. The average molecular weight is 293 g/mol. The third-order valence-electron chi connectivity index (χ3n) is 3.36. The second kappa shape index (κ2) is 5.26. The van der Waals surface area contributed by atoms with Crippen LogP contribution < -0.4 is 10.1 Å². The smallest absolute Gasteiger partial charge is 0.320 e. The molecule has 0 amide bonds. The van der Waals surface area contributed by atoms with Crippen LogP contribution in [0.25, 0.3) is 10.8 Å². The lowest BCUT2D eigenvalue weighted by atomic mass is 10.1. The first kappa shape index (κ1) is 13.1. The lowest BCUT2D eigenvalue weighted by molar-refractivity contribution is -0.139. The molecule has 0 radical (unpaired) electrons. The molecular formula is C14H13ClN2O3. The summed E-state index contributed by atoms with van der Waals surface area (Å²) < 4.78 is 5.83. The topological polar surface area (TPSA) is 71.5 Å². The van der Waals surface area contributed by atoms with Crippen molar-refractivity contribution in [3.63, 3.8) is 0 Å². The fourth-order valence-electron chi connectivity index (χ4n) is 2.35. The molecule has 6 heteroatoms. The molecule has 1 aliphatic heterocycles. The molecule has 1 fully saturated rings. The number of carboxylic acid groups (broad SMARTS) is 1. The van der Waals surface area contributed by atoms with Crippen LogP contribution in [0.3, 0.4) is 0 Å². The number of carbonyl (C=O) groups is 1. The predicted octanol–water partition coefficient (Wildman–Crippen LogP) is 2.08. The molecule has 104 valence electrons. The van der Waals surface area contributed by atoms with Gasteiger partial charge in [-0.2, -0.15) is 0 Å². The second-order valence-electron chi connectivity index (χ2n) is 4.76. The maximum absolute atomic E-state index is 10.9. The van der Waals surface area contributed by atoms with E-state index in [-0.39, 0.29) is 6.10 Å². The zero-order valence-corrected chi connectivity index (χ0v) is 11.3. The quantitative estimate of drug-likeness (QED) is 0.906. The number of pyridine rings is 1. The van der Waals surface area contributed by atoms with Crippen LogP contribution in [0.1, 0.15) is 6.42 Å². The van der Waals surface area contributed by atoms with Crippen molar-refractivity contribution in [3.8, 4) is 5.88 Å². The summed E-state index contributed by atoms with van der Waals surface area (Å²) in [6.45, 7) is 0.496. The molecule has 3 rings (SSSR count). The molecular weight excluding hydrogens is 280 g/mol. The molecule has 1 unspecified atom stereocenters. The molecule has 5 nitrogen and oxygen atoms in total. The summed E-state index contributed by atoms with van der Waals surface area (Å²) in [4.78, 5) is 15.1. The van der Waals surface area contributed by atoms with Crippen LogP contribution in [0.5, 0.6) is 5.88 Å². The van der Waals surface area contributed by atoms with Crippen molar-refractivity contribution < 1.29 is 14.6 Å². The Hall–Kier alpha value is -1.85. The van der Waals surface area contributed by atoms with Gasteiger partial charge in [-0.3, -0.25) is 4.79 Å². The SMILES string of the molecule is O=C(O)[C@@H]1CC(Oc2nccc3ccc(Cl)cc23)CN1. The highest BCUT2D eigenvalue weighted by Crippen LogP contribution is 2.27. The molecule has 2 heterocycles. The number of rotatable bonds is 3. The summed E-state index contributed by atoms with van der Waals surface area (Å²) in [6.07, 6.45) is 1.89. The number of fused-ring (bicyclic) bond motifs is 1. The minimum Gasteiger partial charge on any atom is -0.480 e. The monoisotopic (exact) mass is 292 g/mol. The van der Waals surface area contributed by atoms with E-state index >= 15 is 0 Å². The number of aliphatic carboxylic acids is 1. The molecule has 0 spiro atoms. The van der Waals surface area contributed by atoms with Gasteiger partial charge in [-0.15, -0.1) is 0 Å². The van der Waals surface area contributed by atoms with Gasteiger partial charge in [0, 0.05) is 29.6 Å². The third-order valence-corrected chi connectivity index (χ3v) is 3.59. The normalized spacial score (nSPS) is 22.1. The molecule has 0 saturated carbocycles. The number of aromatic nitrogens is 1. The van der Waals surface area contributed by atoms with Gasteiger partial charge in [-0.1, -0.05) is 17.7 Å². The van der Waals surface area contributed by atoms with Crippen LogP contribution in [-0.2, 0) is 4.79 Å². The van der Waals surface area contributed by atoms with E-state index in [0.29, 0.717) is 23.9 Å². The number of hydrogen-bond acceptors (Lipinski definition) is 4. The number of halogens is 1. The number of nitrogens with one attached hydrogen (secondary N) is 1. The van der Waals surface area contributed by atoms with Gasteiger partial charge in [0.05, 0.1) is 0 Å². The highest BCUT2D eigenvalue weighted by atomic mass is 35.5. The Balaban J connectivity index is 1.85. The third kappa shape index (κ3) is 2.55. The van der Waals surface area contributed by atoms with Crippen molar-refractivity contribution in [1.29, 1.82) is 0 Å². The first-order valence-corrected chi connectivity index (χ1v) is 6.68. The van der Waals surface area contributed by atoms with Crippen LogP contribution in [0, 0.1) is 0 Å².